The molecule has 8 heteroatoms. The van der Waals surface area contributed by atoms with Gasteiger partial charge in [0.2, 0.25) is 11.7 Å². The van der Waals surface area contributed by atoms with Gasteiger partial charge in [-0.05, 0) is 75.0 Å². The summed E-state index contributed by atoms with van der Waals surface area (Å²) < 4.78 is 46.2. The predicted molar refractivity (Wildman–Crippen MR) is 123 cm³/mol. The minimum Gasteiger partial charge on any atom is -0.406 e. The molecule has 0 bridgehead atoms. The smallest absolute Gasteiger partial charge is 0.406 e. The van der Waals surface area contributed by atoms with Gasteiger partial charge in [0.15, 0.2) is 0 Å². The van der Waals surface area contributed by atoms with Gasteiger partial charge in [-0.1, -0.05) is 48.3 Å². The van der Waals surface area contributed by atoms with E-state index in [1.807, 2.05) is 0 Å². The normalized spacial score (nSPS) is 19.8. The topological polar surface area (TPSA) is 51.4 Å². The second-order valence-electron chi connectivity index (χ2n) is 9.22. The first kappa shape index (κ1) is 24.3. The zero-order valence-electron chi connectivity index (χ0n) is 19.5. The molecule has 1 fully saturated rings. The van der Waals surface area contributed by atoms with Crippen LogP contribution in [0, 0.1) is 11.8 Å². The van der Waals surface area contributed by atoms with Crippen LogP contribution in [0.5, 0.6) is 5.75 Å². The highest BCUT2D eigenvalue weighted by Gasteiger charge is 2.31. The number of hydrogen-bond acceptors (Lipinski definition) is 5. The Morgan fingerprint density at radius 1 is 1.00 bits per heavy atom. The first-order chi connectivity index (χ1) is 16.3. The Balaban J connectivity index is 1.28. The summed E-state index contributed by atoms with van der Waals surface area (Å²) in [5, 5.41) is 3.99. The van der Waals surface area contributed by atoms with E-state index in [-0.39, 0.29) is 5.75 Å². The van der Waals surface area contributed by atoms with E-state index < -0.39 is 6.36 Å². The lowest BCUT2D eigenvalue weighted by Gasteiger charge is -2.37. The Hall–Kier alpha value is -2.87. The van der Waals surface area contributed by atoms with Crippen LogP contribution in [0.15, 0.2) is 59.1 Å². The maximum absolute atomic E-state index is 12.3. The van der Waals surface area contributed by atoms with Crippen molar-refractivity contribution in [2.24, 2.45) is 11.8 Å². The second kappa shape index (κ2) is 10.6. The molecule has 0 saturated heterocycles. The fourth-order valence-electron chi connectivity index (χ4n) is 5.04. The van der Waals surface area contributed by atoms with Crippen LogP contribution in [0.2, 0.25) is 0 Å². The Labute approximate surface area is 197 Å². The molecule has 0 spiro atoms. The van der Waals surface area contributed by atoms with Gasteiger partial charge in [-0.2, -0.15) is 4.98 Å². The number of nitrogens with zero attached hydrogens (tertiary/aromatic N) is 3. The lowest BCUT2D eigenvalue weighted by Crippen LogP contribution is -2.30. The molecule has 0 aliphatic heterocycles. The molecule has 1 unspecified atom stereocenters. The molecule has 5 nitrogen and oxygen atoms in total. The summed E-state index contributed by atoms with van der Waals surface area (Å²) in [5.74, 6) is 1.92. The molecule has 4 rings (SSSR count). The molecule has 182 valence electrons. The molecule has 34 heavy (non-hydrogen) atoms. The third-order valence-electron chi connectivity index (χ3n) is 6.62. The Morgan fingerprint density at radius 2 is 1.68 bits per heavy atom. The molecule has 0 amide bonds. The molecule has 0 N–H and O–H groups in total. The van der Waals surface area contributed by atoms with Crippen molar-refractivity contribution in [3.8, 4) is 17.1 Å². The van der Waals surface area contributed by atoms with Gasteiger partial charge in [0.25, 0.3) is 0 Å². The molecule has 1 heterocycles. The van der Waals surface area contributed by atoms with Crippen molar-refractivity contribution in [3.63, 3.8) is 0 Å². The number of rotatable bonds is 8. The third-order valence-corrected chi connectivity index (χ3v) is 6.62. The highest BCUT2D eigenvalue weighted by molar-refractivity contribution is 5.55. The molecule has 1 saturated carbocycles. The van der Waals surface area contributed by atoms with Crippen LogP contribution in [0.1, 0.15) is 49.6 Å². The van der Waals surface area contributed by atoms with Crippen molar-refractivity contribution in [2.75, 3.05) is 14.1 Å². The summed E-state index contributed by atoms with van der Waals surface area (Å²) in [6.07, 6.45) is 1.74. The molecule has 1 aliphatic carbocycles. The summed E-state index contributed by atoms with van der Waals surface area (Å²) in [5.41, 5.74) is 1.97. The van der Waals surface area contributed by atoms with Crippen molar-refractivity contribution in [2.45, 2.75) is 50.9 Å². The SMILES string of the molecule is CN(C)C(c1ccccc1)C1CCC(CCc2nc(-c3ccc(OC(F)(F)F)cc3)no2)CC1. The van der Waals surface area contributed by atoms with Gasteiger partial charge in [0, 0.05) is 18.0 Å². The van der Waals surface area contributed by atoms with Gasteiger partial charge < -0.3 is 14.2 Å². The summed E-state index contributed by atoms with van der Waals surface area (Å²) in [6.45, 7) is 0. The first-order valence-electron chi connectivity index (χ1n) is 11.7. The van der Waals surface area contributed by atoms with E-state index in [1.165, 1.54) is 55.5 Å². The van der Waals surface area contributed by atoms with Crippen LogP contribution in [0.3, 0.4) is 0 Å². The second-order valence-corrected chi connectivity index (χ2v) is 9.22. The highest BCUT2D eigenvalue weighted by Crippen LogP contribution is 2.40. The van der Waals surface area contributed by atoms with Crippen LogP contribution in [0.4, 0.5) is 13.2 Å². The zero-order chi connectivity index (χ0) is 24.1. The van der Waals surface area contributed by atoms with Crippen LogP contribution >= 0.6 is 0 Å². The van der Waals surface area contributed by atoms with Gasteiger partial charge >= 0.3 is 6.36 Å². The Kier molecular flexibility index (Phi) is 7.56. The molecule has 2 aromatic carbocycles. The molecule has 1 aliphatic rings. The zero-order valence-corrected chi connectivity index (χ0v) is 19.5. The summed E-state index contributed by atoms with van der Waals surface area (Å²) >= 11 is 0. The van der Waals surface area contributed by atoms with Crippen molar-refractivity contribution in [1.29, 1.82) is 0 Å². The number of hydrogen-bond donors (Lipinski definition) is 0. The average molecular weight is 474 g/mol. The van der Waals surface area contributed by atoms with E-state index in [4.69, 9.17) is 4.52 Å². The number of aryl methyl sites for hydroxylation is 1. The molecule has 1 atom stereocenters. The number of benzene rings is 2. The minimum atomic E-state index is -4.71. The molecular weight excluding hydrogens is 443 g/mol. The van der Waals surface area contributed by atoms with Crippen LogP contribution in [0.25, 0.3) is 11.4 Å². The van der Waals surface area contributed by atoms with Crippen LogP contribution in [-0.4, -0.2) is 35.5 Å². The third kappa shape index (κ3) is 6.38. The van der Waals surface area contributed by atoms with Gasteiger partial charge in [-0.3, -0.25) is 0 Å². The largest absolute Gasteiger partial charge is 0.573 e. The van der Waals surface area contributed by atoms with Gasteiger partial charge in [0.05, 0.1) is 0 Å². The monoisotopic (exact) mass is 473 g/mol. The van der Waals surface area contributed by atoms with Gasteiger partial charge in [-0.15, -0.1) is 13.2 Å². The number of halogens is 3. The van der Waals surface area contributed by atoms with E-state index in [2.05, 4.69) is 64.2 Å². The maximum atomic E-state index is 12.3. The minimum absolute atomic E-state index is 0.278. The fraction of sp³-hybridized carbons (Fsp3) is 0.462. The van der Waals surface area contributed by atoms with Crippen molar-refractivity contribution >= 4 is 0 Å². The molecule has 3 aromatic rings. The highest BCUT2D eigenvalue weighted by atomic mass is 19.4. The summed E-state index contributed by atoms with van der Waals surface area (Å²) in [6, 6.07) is 16.6. The van der Waals surface area contributed by atoms with Crippen LogP contribution < -0.4 is 4.74 Å². The van der Waals surface area contributed by atoms with Crippen LogP contribution in [-0.2, 0) is 6.42 Å². The Morgan fingerprint density at radius 3 is 2.29 bits per heavy atom. The summed E-state index contributed by atoms with van der Waals surface area (Å²) in [7, 11) is 4.32. The van der Waals surface area contributed by atoms with Crippen molar-refractivity contribution in [3.05, 3.63) is 66.1 Å². The van der Waals surface area contributed by atoms with Crippen molar-refractivity contribution in [1.82, 2.24) is 15.0 Å². The summed E-state index contributed by atoms with van der Waals surface area (Å²) in [4.78, 5) is 6.76. The van der Waals surface area contributed by atoms with E-state index >= 15 is 0 Å². The number of alkyl halides is 3. The average Bonchev–Trinajstić information content (AvgIpc) is 3.28. The predicted octanol–water partition coefficient (Wildman–Crippen LogP) is 6.68. The van der Waals surface area contributed by atoms with E-state index in [0.717, 1.165) is 6.42 Å². The fourth-order valence-corrected chi connectivity index (χ4v) is 5.04. The quantitative estimate of drug-likeness (QED) is 0.365. The molecular formula is C26H30F3N3O2. The van der Waals surface area contributed by atoms with Gasteiger partial charge in [-0.25, -0.2) is 0 Å². The lowest BCUT2D eigenvalue weighted by atomic mass is 9.75. The number of ether oxygens (including phenoxy) is 1. The molecule has 1 aromatic heterocycles. The van der Waals surface area contributed by atoms with E-state index in [1.54, 1.807) is 0 Å². The van der Waals surface area contributed by atoms with Gasteiger partial charge in [0.1, 0.15) is 5.75 Å². The van der Waals surface area contributed by atoms with Crippen molar-refractivity contribution < 1.29 is 22.4 Å². The van der Waals surface area contributed by atoms with E-state index in [0.29, 0.717) is 41.6 Å². The maximum Gasteiger partial charge on any atom is 0.573 e. The van der Waals surface area contributed by atoms with E-state index in [9.17, 15) is 13.2 Å². The standard InChI is InChI=1S/C26H30F3N3O2/c1-32(2)24(19-6-4-3-5-7-19)20-11-8-18(9-12-20)10-17-23-30-25(31-34-23)21-13-15-22(16-14-21)33-26(27,28)29/h3-7,13-16,18,20,24H,8-12,17H2,1-2H3. The lowest BCUT2D eigenvalue weighted by molar-refractivity contribution is -0.274. The first-order valence-corrected chi connectivity index (χ1v) is 11.7. The Bertz CT molecular complexity index is 1030. The molecule has 0 radical (unpaired) electrons. The number of aromatic nitrogens is 2.